The maximum absolute atomic E-state index is 11.3. The van der Waals surface area contributed by atoms with Crippen molar-refractivity contribution >= 4 is 17.2 Å². The van der Waals surface area contributed by atoms with Crippen molar-refractivity contribution in [3.63, 3.8) is 0 Å². The number of aryl methyl sites for hydroxylation is 1. The van der Waals surface area contributed by atoms with Crippen LogP contribution in [-0.4, -0.2) is 41.0 Å². The lowest BCUT2D eigenvalue weighted by Gasteiger charge is -2.27. The number of fused-ring (bicyclic) bond motifs is 3. The second-order valence-corrected chi connectivity index (χ2v) is 8.35. The van der Waals surface area contributed by atoms with Gasteiger partial charge in [-0.15, -0.1) is 0 Å². The summed E-state index contributed by atoms with van der Waals surface area (Å²) in [6.07, 6.45) is 2.85. The van der Waals surface area contributed by atoms with Gasteiger partial charge in [-0.2, -0.15) is 0 Å². The van der Waals surface area contributed by atoms with E-state index in [0.29, 0.717) is 12.1 Å². The van der Waals surface area contributed by atoms with E-state index in [4.69, 9.17) is 0 Å². The molecule has 0 spiro atoms. The van der Waals surface area contributed by atoms with Crippen molar-refractivity contribution in [1.82, 2.24) is 9.47 Å². The summed E-state index contributed by atoms with van der Waals surface area (Å²) in [5, 5.41) is 12.7. The molecule has 2 aromatic carbocycles. The lowest BCUT2D eigenvalue weighted by Crippen LogP contribution is -2.29. The van der Waals surface area contributed by atoms with Crippen LogP contribution in [0, 0.1) is 6.92 Å². The average molecular weight is 377 g/mol. The first-order valence-electron chi connectivity index (χ1n) is 9.96. The number of rotatable bonds is 4. The molecule has 1 aliphatic rings. The van der Waals surface area contributed by atoms with Gasteiger partial charge in [-0.3, -0.25) is 4.79 Å². The summed E-state index contributed by atoms with van der Waals surface area (Å²) in [4.78, 5) is 13.3. The molecule has 2 heterocycles. The summed E-state index contributed by atoms with van der Waals surface area (Å²) in [6, 6.07) is 13.9. The van der Waals surface area contributed by atoms with E-state index in [-0.39, 0.29) is 0 Å². The number of nitrogens with zero attached hydrogens (tertiary/aromatic N) is 2. The van der Waals surface area contributed by atoms with Gasteiger partial charge in [0.25, 0.3) is 0 Å². The minimum atomic E-state index is -1.02. The Balaban J connectivity index is 1.80. The predicted molar refractivity (Wildman–Crippen MR) is 113 cm³/mol. The molecule has 0 saturated heterocycles. The number of carbonyl (C=O) groups excluding carboxylic acids is 1. The van der Waals surface area contributed by atoms with Crippen LogP contribution in [0.4, 0.5) is 0 Å². The third-order valence-electron chi connectivity index (χ3n) is 6.05. The molecule has 4 heteroatoms. The fourth-order valence-electron chi connectivity index (χ4n) is 4.37. The number of aromatic nitrogens is 1. The molecular formula is C24H28N2O2. The standard InChI is InChI=1S/C24H28N2O2/c1-17-4-9-22-21(14-17)20-10-12-25(3)13-11-23(20)26(22)16-24(2,28)19-7-5-18(15-27)6-8-19/h4-9,14-15,28H,10-13,16H2,1-3H3. The Bertz CT molecular complexity index is 1020. The Morgan fingerprint density at radius 2 is 1.82 bits per heavy atom. The molecule has 0 fully saturated rings. The first kappa shape index (κ1) is 18.9. The molecule has 1 aliphatic heterocycles. The molecule has 0 aliphatic carbocycles. The Morgan fingerprint density at radius 3 is 2.54 bits per heavy atom. The second kappa shape index (κ2) is 7.19. The highest BCUT2D eigenvalue weighted by atomic mass is 16.3. The molecule has 4 rings (SSSR count). The normalized spacial score (nSPS) is 17.1. The van der Waals surface area contributed by atoms with E-state index >= 15 is 0 Å². The van der Waals surface area contributed by atoms with Gasteiger partial charge in [0.05, 0.1) is 6.54 Å². The van der Waals surface area contributed by atoms with Crippen molar-refractivity contribution in [3.8, 4) is 0 Å². The summed E-state index contributed by atoms with van der Waals surface area (Å²) in [6.45, 7) is 6.57. The Hall–Kier alpha value is -2.43. The summed E-state index contributed by atoms with van der Waals surface area (Å²) in [5.74, 6) is 0. The zero-order valence-electron chi connectivity index (χ0n) is 16.9. The molecule has 146 valence electrons. The van der Waals surface area contributed by atoms with Crippen molar-refractivity contribution in [2.75, 3.05) is 20.1 Å². The van der Waals surface area contributed by atoms with Crippen molar-refractivity contribution < 1.29 is 9.90 Å². The monoisotopic (exact) mass is 376 g/mol. The zero-order chi connectivity index (χ0) is 19.9. The number of likely N-dealkylation sites (N-methyl/N-ethyl adjacent to an activating group) is 1. The van der Waals surface area contributed by atoms with E-state index in [1.54, 1.807) is 12.1 Å². The second-order valence-electron chi connectivity index (χ2n) is 8.35. The number of carbonyl (C=O) groups is 1. The molecule has 1 atom stereocenters. The van der Waals surface area contributed by atoms with E-state index < -0.39 is 5.60 Å². The highest BCUT2D eigenvalue weighted by Gasteiger charge is 2.28. The van der Waals surface area contributed by atoms with E-state index in [1.165, 1.54) is 27.7 Å². The molecule has 0 radical (unpaired) electrons. The van der Waals surface area contributed by atoms with E-state index in [1.807, 2.05) is 19.1 Å². The minimum Gasteiger partial charge on any atom is -0.384 e. The highest BCUT2D eigenvalue weighted by Crippen LogP contribution is 2.33. The predicted octanol–water partition coefficient (Wildman–Crippen LogP) is 3.70. The maximum Gasteiger partial charge on any atom is 0.150 e. The van der Waals surface area contributed by atoms with E-state index in [2.05, 4.69) is 41.6 Å². The number of aliphatic hydroxyl groups is 1. The molecule has 0 saturated carbocycles. The molecule has 1 aromatic heterocycles. The fourth-order valence-corrected chi connectivity index (χ4v) is 4.37. The summed E-state index contributed by atoms with van der Waals surface area (Å²) < 4.78 is 2.32. The van der Waals surface area contributed by atoms with Crippen molar-refractivity contribution in [1.29, 1.82) is 0 Å². The van der Waals surface area contributed by atoms with Crippen LogP contribution >= 0.6 is 0 Å². The van der Waals surface area contributed by atoms with Crippen molar-refractivity contribution in [2.45, 2.75) is 38.8 Å². The fraction of sp³-hybridized carbons (Fsp3) is 0.375. The van der Waals surface area contributed by atoms with Crippen LogP contribution in [0.1, 0.15) is 39.7 Å². The van der Waals surface area contributed by atoms with Crippen LogP contribution in [0.25, 0.3) is 10.9 Å². The smallest absolute Gasteiger partial charge is 0.150 e. The summed E-state index contributed by atoms with van der Waals surface area (Å²) >= 11 is 0. The van der Waals surface area contributed by atoms with Crippen molar-refractivity contribution in [2.24, 2.45) is 0 Å². The van der Waals surface area contributed by atoms with Gasteiger partial charge >= 0.3 is 0 Å². The van der Waals surface area contributed by atoms with Gasteiger partial charge in [0.2, 0.25) is 0 Å². The maximum atomic E-state index is 11.3. The van der Waals surface area contributed by atoms with Gasteiger partial charge in [0.15, 0.2) is 0 Å². The van der Waals surface area contributed by atoms with E-state index in [9.17, 15) is 9.90 Å². The molecular weight excluding hydrogens is 348 g/mol. The lowest BCUT2D eigenvalue weighted by atomic mass is 9.94. The minimum absolute atomic E-state index is 0.492. The average Bonchev–Trinajstić information content (AvgIpc) is 2.82. The summed E-state index contributed by atoms with van der Waals surface area (Å²) in [7, 11) is 2.18. The largest absolute Gasteiger partial charge is 0.384 e. The molecule has 1 unspecified atom stereocenters. The molecule has 0 bridgehead atoms. The van der Waals surface area contributed by atoms with Crippen molar-refractivity contribution in [3.05, 3.63) is 70.4 Å². The lowest BCUT2D eigenvalue weighted by molar-refractivity contribution is 0.0387. The van der Waals surface area contributed by atoms with Gasteiger partial charge in [0, 0.05) is 41.7 Å². The SMILES string of the molecule is Cc1ccc2c(c1)c1c(n2CC(C)(O)c2ccc(C=O)cc2)CCN(C)CC1. The highest BCUT2D eigenvalue weighted by molar-refractivity contribution is 5.86. The van der Waals surface area contributed by atoms with Gasteiger partial charge < -0.3 is 14.6 Å². The van der Waals surface area contributed by atoms with Crippen LogP contribution in [0.15, 0.2) is 42.5 Å². The van der Waals surface area contributed by atoms with Gasteiger partial charge in [0.1, 0.15) is 11.9 Å². The van der Waals surface area contributed by atoms with Gasteiger partial charge in [-0.25, -0.2) is 0 Å². The topological polar surface area (TPSA) is 45.5 Å². The molecule has 4 nitrogen and oxygen atoms in total. The van der Waals surface area contributed by atoms with Gasteiger partial charge in [-0.05, 0) is 50.6 Å². The Morgan fingerprint density at radius 1 is 1.11 bits per heavy atom. The Labute approximate surface area is 166 Å². The summed E-state index contributed by atoms with van der Waals surface area (Å²) in [5.41, 5.74) is 5.66. The Kier molecular flexibility index (Phi) is 4.86. The number of aldehydes is 1. The first-order chi connectivity index (χ1) is 13.4. The van der Waals surface area contributed by atoms with Crippen LogP contribution < -0.4 is 0 Å². The third kappa shape index (κ3) is 3.38. The number of hydrogen-bond donors (Lipinski definition) is 1. The molecule has 3 aromatic rings. The van der Waals surface area contributed by atoms with Crippen LogP contribution in [-0.2, 0) is 25.0 Å². The van der Waals surface area contributed by atoms with E-state index in [0.717, 1.165) is 37.8 Å². The quantitative estimate of drug-likeness (QED) is 0.706. The number of benzene rings is 2. The van der Waals surface area contributed by atoms with Gasteiger partial charge in [-0.1, -0.05) is 35.9 Å². The molecule has 28 heavy (non-hydrogen) atoms. The zero-order valence-corrected chi connectivity index (χ0v) is 16.9. The third-order valence-corrected chi connectivity index (χ3v) is 6.05. The van der Waals surface area contributed by atoms with Crippen LogP contribution in [0.3, 0.4) is 0 Å². The van der Waals surface area contributed by atoms with Crippen LogP contribution in [0.2, 0.25) is 0 Å². The number of hydrogen-bond acceptors (Lipinski definition) is 3. The molecule has 0 amide bonds. The molecule has 1 N–H and O–H groups in total. The van der Waals surface area contributed by atoms with Crippen LogP contribution in [0.5, 0.6) is 0 Å². The first-order valence-corrected chi connectivity index (χ1v) is 9.96.